The molecule has 1 aromatic heterocycles. The fraction of sp³-hybridized carbons (Fsp3) is 0.211. The van der Waals surface area contributed by atoms with Crippen molar-refractivity contribution in [1.29, 1.82) is 0 Å². The molecule has 3 heterocycles. The molecule has 260 valence electrons. The van der Waals surface area contributed by atoms with Crippen LogP contribution in [0.5, 0.6) is 17.2 Å². The average molecular weight is 761 g/mol. The van der Waals surface area contributed by atoms with Crippen LogP contribution in [0.2, 0.25) is 10.0 Å². The van der Waals surface area contributed by atoms with Crippen LogP contribution in [0, 0.1) is 0 Å². The number of nitrogens with zero attached hydrogens (tertiary/aromatic N) is 3. The lowest BCUT2D eigenvalue weighted by Crippen LogP contribution is -2.29. The number of ether oxygens (including phenoxy) is 3. The maximum absolute atomic E-state index is 13.9. The van der Waals surface area contributed by atoms with E-state index in [1.165, 1.54) is 16.7 Å². The second-order valence-corrected chi connectivity index (χ2v) is 14.9. The van der Waals surface area contributed by atoms with Gasteiger partial charge in [0.25, 0.3) is 5.78 Å². The Bertz CT molecular complexity index is 2160. The van der Waals surface area contributed by atoms with Crippen molar-refractivity contribution in [1.82, 2.24) is 10.2 Å². The number of hydrogen-bond donors (Lipinski definition) is 1. The molecule has 4 aromatic carbocycles. The van der Waals surface area contributed by atoms with Gasteiger partial charge < -0.3 is 19.3 Å². The Kier molecular flexibility index (Phi) is 10.2. The Morgan fingerprint density at radius 3 is 2.61 bits per heavy atom. The third kappa shape index (κ3) is 7.30. The number of carbonyl (C=O) groups is 2. The summed E-state index contributed by atoms with van der Waals surface area (Å²) in [7, 11) is 0. The first-order chi connectivity index (χ1) is 24.7. The lowest BCUT2D eigenvalue weighted by molar-refractivity contribution is -0.132. The summed E-state index contributed by atoms with van der Waals surface area (Å²) in [6.07, 6.45) is 0.644. The Labute approximate surface area is 312 Å². The van der Waals surface area contributed by atoms with Crippen LogP contribution in [-0.2, 0) is 28.4 Å². The molecule has 9 nitrogen and oxygen atoms in total. The van der Waals surface area contributed by atoms with E-state index in [9.17, 15) is 14.7 Å². The topological polar surface area (TPSA) is 111 Å². The van der Waals surface area contributed by atoms with E-state index in [0.29, 0.717) is 62.4 Å². The second kappa shape index (κ2) is 15.0. The predicted molar refractivity (Wildman–Crippen MR) is 199 cm³/mol. The summed E-state index contributed by atoms with van der Waals surface area (Å²) in [6.45, 7) is 4.48. The highest BCUT2D eigenvalue weighted by Gasteiger charge is 2.48. The minimum atomic E-state index is -1.05. The van der Waals surface area contributed by atoms with Crippen LogP contribution in [0.15, 0.2) is 94.8 Å². The van der Waals surface area contributed by atoms with Crippen LogP contribution in [-0.4, -0.2) is 39.7 Å². The van der Waals surface area contributed by atoms with Crippen molar-refractivity contribution in [2.75, 3.05) is 11.5 Å². The standard InChI is InChI=1S/C38H31Cl2N3O6S2/c1-3-47-31-17-23(10-14-30(31)48-19-22-7-5-4-6-8-22)33-32(34(44)24-11-13-29-26(16-24)15-21(2)49-29)35(45)36(46)43(33)37-41-42-38(51-37)50-20-25-9-12-27(39)18-28(25)40/h4-14,16-18,21,33,44H,3,15,19-20H2,1-2H3/b34-32+/t21-,33-/m0/s1. The normalized spacial score (nSPS) is 17.8. The summed E-state index contributed by atoms with van der Waals surface area (Å²) < 4.78 is 18.5. The number of aliphatic hydroxyl groups is 1. The van der Waals surface area contributed by atoms with Crippen molar-refractivity contribution in [2.24, 2.45) is 0 Å². The van der Waals surface area contributed by atoms with Crippen molar-refractivity contribution in [3.8, 4) is 17.2 Å². The van der Waals surface area contributed by atoms with Gasteiger partial charge in [0, 0.05) is 27.8 Å². The highest BCUT2D eigenvalue weighted by Crippen LogP contribution is 2.46. The van der Waals surface area contributed by atoms with Gasteiger partial charge in [-0.3, -0.25) is 14.5 Å². The van der Waals surface area contributed by atoms with E-state index < -0.39 is 17.7 Å². The summed E-state index contributed by atoms with van der Waals surface area (Å²) in [6, 6.07) is 24.5. The lowest BCUT2D eigenvalue weighted by atomic mass is 9.94. The number of ketones is 1. The van der Waals surface area contributed by atoms with Gasteiger partial charge in [-0.05, 0) is 78.6 Å². The van der Waals surface area contributed by atoms with E-state index in [-0.39, 0.29) is 22.6 Å². The van der Waals surface area contributed by atoms with E-state index in [4.69, 9.17) is 37.4 Å². The number of halogens is 2. The molecule has 1 amide bonds. The van der Waals surface area contributed by atoms with Gasteiger partial charge >= 0.3 is 5.91 Å². The highest BCUT2D eigenvalue weighted by atomic mass is 35.5. The minimum Gasteiger partial charge on any atom is -0.507 e. The molecule has 2 atom stereocenters. The first-order valence-corrected chi connectivity index (χ1v) is 18.7. The number of fused-ring (bicyclic) bond motifs is 1. The summed E-state index contributed by atoms with van der Waals surface area (Å²) in [4.78, 5) is 29.1. The average Bonchev–Trinajstić information content (AvgIpc) is 3.82. The Morgan fingerprint density at radius 1 is 1.00 bits per heavy atom. The van der Waals surface area contributed by atoms with Crippen molar-refractivity contribution in [3.63, 3.8) is 0 Å². The van der Waals surface area contributed by atoms with Crippen LogP contribution in [0.1, 0.15) is 47.7 Å². The van der Waals surface area contributed by atoms with Crippen molar-refractivity contribution < 1.29 is 28.9 Å². The number of anilines is 1. The molecule has 1 saturated heterocycles. The number of thioether (sulfide) groups is 1. The van der Waals surface area contributed by atoms with Gasteiger partial charge in [-0.2, -0.15) is 0 Å². The number of amides is 1. The van der Waals surface area contributed by atoms with Crippen LogP contribution < -0.4 is 19.1 Å². The molecule has 0 bridgehead atoms. The third-order valence-corrected chi connectivity index (χ3v) is 11.1. The zero-order valence-corrected chi connectivity index (χ0v) is 30.6. The van der Waals surface area contributed by atoms with E-state index in [2.05, 4.69) is 10.2 Å². The molecule has 13 heteroatoms. The van der Waals surface area contributed by atoms with E-state index in [0.717, 1.165) is 33.8 Å². The monoisotopic (exact) mass is 759 g/mol. The Balaban J connectivity index is 1.27. The third-order valence-electron chi connectivity index (χ3n) is 8.40. The van der Waals surface area contributed by atoms with Crippen molar-refractivity contribution in [2.45, 2.75) is 49.1 Å². The molecular formula is C38H31Cl2N3O6S2. The van der Waals surface area contributed by atoms with Gasteiger partial charge in [0.05, 0.1) is 18.2 Å². The number of hydrogen-bond acceptors (Lipinski definition) is 10. The lowest BCUT2D eigenvalue weighted by Gasteiger charge is -2.24. The molecule has 0 spiro atoms. The highest BCUT2D eigenvalue weighted by molar-refractivity contribution is 8.00. The molecule has 0 radical (unpaired) electrons. The molecule has 0 aliphatic carbocycles. The quantitative estimate of drug-likeness (QED) is 0.0464. The second-order valence-electron chi connectivity index (χ2n) is 11.9. The molecular weight excluding hydrogens is 729 g/mol. The van der Waals surface area contributed by atoms with Gasteiger partial charge in [0.2, 0.25) is 5.13 Å². The number of rotatable bonds is 11. The zero-order valence-electron chi connectivity index (χ0n) is 27.5. The van der Waals surface area contributed by atoms with E-state index in [1.54, 1.807) is 48.5 Å². The summed E-state index contributed by atoms with van der Waals surface area (Å²) in [5.41, 5.74) is 3.58. The van der Waals surface area contributed by atoms with Crippen LogP contribution in [0.25, 0.3) is 5.76 Å². The summed E-state index contributed by atoms with van der Waals surface area (Å²) in [5.74, 6) is 0.135. The van der Waals surface area contributed by atoms with Crippen LogP contribution in [0.3, 0.4) is 0 Å². The smallest absolute Gasteiger partial charge is 0.301 e. The molecule has 5 aromatic rings. The fourth-order valence-electron chi connectivity index (χ4n) is 6.02. The predicted octanol–water partition coefficient (Wildman–Crippen LogP) is 9.06. The molecule has 2 aliphatic heterocycles. The Hall–Kier alpha value is -4.55. The minimum absolute atomic E-state index is 0.0113. The first-order valence-electron chi connectivity index (χ1n) is 16.1. The Morgan fingerprint density at radius 2 is 1.82 bits per heavy atom. The summed E-state index contributed by atoms with van der Waals surface area (Å²) >= 11 is 15.0. The molecule has 0 unspecified atom stereocenters. The van der Waals surface area contributed by atoms with Gasteiger partial charge in [-0.25, -0.2) is 0 Å². The molecule has 51 heavy (non-hydrogen) atoms. The zero-order chi connectivity index (χ0) is 35.6. The van der Waals surface area contributed by atoms with Crippen molar-refractivity contribution >= 4 is 68.9 Å². The maximum atomic E-state index is 13.9. The molecule has 1 N–H and O–H groups in total. The summed E-state index contributed by atoms with van der Waals surface area (Å²) in [5, 5.41) is 21.7. The van der Waals surface area contributed by atoms with Crippen LogP contribution in [0.4, 0.5) is 5.13 Å². The molecule has 1 fully saturated rings. The van der Waals surface area contributed by atoms with Gasteiger partial charge in [0.15, 0.2) is 15.8 Å². The first kappa shape index (κ1) is 34.9. The largest absolute Gasteiger partial charge is 0.507 e. The van der Waals surface area contributed by atoms with Gasteiger partial charge in [-0.1, -0.05) is 88.8 Å². The molecule has 7 rings (SSSR count). The maximum Gasteiger partial charge on any atom is 0.301 e. The number of aliphatic hydroxyl groups excluding tert-OH is 1. The van der Waals surface area contributed by atoms with Crippen molar-refractivity contribution in [3.05, 3.63) is 128 Å². The van der Waals surface area contributed by atoms with Crippen LogP contribution >= 0.6 is 46.3 Å². The van der Waals surface area contributed by atoms with E-state index >= 15 is 0 Å². The number of benzene rings is 4. The van der Waals surface area contributed by atoms with E-state index in [1.807, 2.05) is 50.2 Å². The SMILES string of the molecule is CCOc1cc([C@H]2/C(=C(\O)c3ccc4c(c3)C[C@H](C)O4)C(=O)C(=O)N2c2nnc(SCc3ccc(Cl)cc3Cl)s2)ccc1OCc1ccccc1. The number of aromatic nitrogens is 2. The van der Waals surface area contributed by atoms with Gasteiger partial charge in [-0.15, -0.1) is 10.2 Å². The van der Waals surface area contributed by atoms with Gasteiger partial charge in [0.1, 0.15) is 24.2 Å². The fourth-order valence-corrected chi connectivity index (χ4v) is 8.45. The number of Topliss-reactive ketones (excluding diaryl/α,β-unsaturated/α-hetero) is 1. The molecule has 2 aliphatic rings. The molecule has 0 saturated carbocycles. The number of carbonyl (C=O) groups excluding carboxylic acids is 2.